The van der Waals surface area contributed by atoms with Crippen molar-refractivity contribution in [3.63, 3.8) is 0 Å². The van der Waals surface area contributed by atoms with Crippen molar-refractivity contribution < 1.29 is 37.9 Å². The number of unbranched alkanes of at least 4 members (excludes halogenated alkanes) is 18. The normalized spacial score (nSPS) is 13.8. The number of aliphatic hydroxyl groups is 1. The minimum absolute atomic E-state index is 0.0754. The summed E-state index contributed by atoms with van der Waals surface area (Å²) in [5, 5.41) is 12.7. The van der Waals surface area contributed by atoms with E-state index in [2.05, 4.69) is 55.6 Å². The van der Waals surface area contributed by atoms with Gasteiger partial charge in [-0.25, -0.2) is 4.57 Å². The van der Waals surface area contributed by atoms with Crippen molar-refractivity contribution in [3.05, 3.63) is 36.5 Å². The van der Waals surface area contributed by atoms with Crippen molar-refractivity contribution in [2.75, 3.05) is 26.4 Å². The summed E-state index contributed by atoms with van der Waals surface area (Å²) >= 11 is 0. The van der Waals surface area contributed by atoms with E-state index in [-0.39, 0.29) is 32.1 Å². The second kappa shape index (κ2) is 37.0. The summed E-state index contributed by atoms with van der Waals surface area (Å²) in [6, 6.07) is 0. The quantitative estimate of drug-likeness (QED) is 0.0249. The van der Waals surface area contributed by atoms with E-state index in [0.717, 1.165) is 77.0 Å². The number of phosphoric ester groups is 1. The van der Waals surface area contributed by atoms with Crippen LogP contribution in [0.4, 0.5) is 0 Å². The molecule has 10 heteroatoms. The van der Waals surface area contributed by atoms with Gasteiger partial charge in [-0.05, 0) is 70.6 Å². The summed E-state index contributed by atoms with van der Waals surface area (Å²) in [4.78, 5) is 33.8. The Hall–Kier alpha value is -1.77. The molecule has 0 aliphatic heterocycles. The van der Waals surface area contributed by atoms with E-state index in [1.807, 2.05) is 0 Å². The maximum Gasteiger partial charge on any atom is 0.472 e. The molecule has 1 amide bonds. The van der Waals surface area contributed by atoms with Crippen LogP contribution in [-0.2, 0) is 27.9 Å². The lowest BCUT2D eigenvalue weighted by Crippen LogP contribution is -2.27. The minimum atomic E-state index is -4.42. The molecule has 292 valence electrons. The molecule has 0 spiro atoms. The van der Waals surface area contributed by atoms with Crippen LogP contribution in [0.2, 0.25) is 0 Å². The van der Waals surface area contributed by atoms with E-state index in [9.17, 15) is 24.2 Å². The number of allylic oxidation sites excluding steroid dienone is 6. The van der Waals surface area contributed by atoms with Crippen molar-refractivity contribution >= 4 is 19.7 Å². The fraction of sp³-hybridized carbons (Fsp3) is 0.800. The molecule has 0 saturated heterocycles. The SMILES string of the molecule is CCCCC/C=C\C/C=C\CCCCCCCC(=O)OCC(O)COP(=O)(O)OCCNC(=O)CCCCCCC/C=C\CCCCCCC. The third-order valence-corrected chi connectivity index (χ3v) is 9.28. The molecule has 0 rings (SSSR count). The molecular weight excluding hydrogens is 653 g/mol. The second-order valence-corrected chi connectivity index (χ2v) is 14.7. The number of phosphoric acid groups is 1. The van der Waals surface area contributed by atoms with Crippen molar-refractivity contribution in [2.45, 2.75) is 180 Å². The van der Waals surface area contributed by atoms with Crippen molar-refractivity contribution in [3.8, 4) is 0 Å². The zero-order valence-corrected chi connectivity index (χ0v) is 32.7. The Morgan fingerprint density at radius 3 is 1.66 bits per heavy atom. The molecule has 9 nitrogen and oxygen atoms in total. The number of nitrogens with one attached hydrogen (secondary N) is 1. The number of carbonyl (C=O) groups is 2. The van der Waals surface area contributed by atoms with Gasteiger partial charge in [0.1, 0.15) is 12.7 Å². The number of rotatable bonds is 37. The smallest absolute Gasteiger partial charge is 0.463 e. The van der Waals surface area contributed by atoms with Gasteiger partial charge in [-0.3, -0.25) is 18.6 Å². The first-order valence-corrected chi connectivity index (χ1v) is 21.5. The van der Waals surface area contributed by atoms with Crippen LogP contribution >= 0.6 is 7.82 Å². The van der Waals surface area contributed by atoms with Crippen LogP contribution in [-0.4, -0.2) is 54.3 Å². The third kappa shape index (κ3) is 37.5. The van der Waals surface area contributed by atoms with E-state index in [1.165, 1.54) is 70.6 Å². The van der Waals surface area contributed by atoms with Gasteiger partial charge >= 0.3 is 13.8 Å². The molecule has 0 bridgehead atoms. The molecule has 0 aromatic carbocycles. The highest BCUT2D eigenvalue weighted by Crippen LogP contribution is 2.42. The fourth-order valence-corrected chi connectivity index (χ4v) is 5.98. The Balaban J connectivity index is 3.65. The number of esters is 1. The number of hydrogen-bond acceptors (Lipinski definition) is 7. The Morgan fingerprint density at radius 2 is 1.08 bits per heavy atom. The van der Waals surface area contributed by atoms with Gasteiger partial charge in [0, 0.05) is 19.4 Å². The average molecular weight is 728 g/mol. The molecule has 0 aromatic rings. The Kier molecular flexibility index (Phi) is 35.7. The second-order valence-electron chi connectivity index (χ2n) is 13.2. The first kappa shape index (κ1) is 48.2. The van der Waals surface area contributed by atoms with Gasteiger partial charge in [-0.1, -0.05) is 127 Å². The minimum Gasteiger partial charge on any atom is -0.463 e. The maximum absolute atomic E-state index is 12.1. The van der Waals surface area contributed by atoms with Gasteiger partial charge < -0.3 is 20.1 Å². The Morgan fingerprint density at radius 1 is 0.620 bits per heavy atom. The van der Waals surface area contributed by atoms with Crippen LogP contribution in [0.15, 0.2) is 36.5 Å². The van der Waals surface area contributed by atoms with Crippen LogP contribution in [0.5, 0.6) is 0 Å². The van der Waals surface area contributed by atoms with E-state index < -0.39 is 26.5 Å². The summed E-state index contributed by atoms with van der Waals surface area (Å²) < 4.78 is 26.8. The first-order chi connectivity index (χ1) is 24.3. The number of aliphatic hydroxyl groups excluding tert-OH is 1. The molecule has 2 unspecified atom stereocenters. The van der Waals surface area contributed by atoms with E-state index >= 15 is 0 Å². The molecule has 0 radical (unpaired) electrons. The van der Waals surface area contributed by atoms with Gasteiger partial charge in [-0.15, -0.1) is 0 Å². The van der Waals surface area contributed by atoms with Crippen molar-refractivity contribution in [1.29, 1.82) is 0 Å². The average Bonchev–Trinajstić information content (AvgIpc) is 3.10. The zero-order valence-electron chi connectivity index (χ0n) is 31.8. The fourth-order valence-electron chi connectivity index (χ4n) is 5.23. The number of hydrogen-bond donors (Lipinski definition) is 3. The lowest BCUT2D eigenvalue weighted by atomic mass is 10.1. The third-order valence-electron chi connectivity index (χ3n) is 8.29. The molecule has 0 heterocycles. The molecule has 0 aromatic heterocycles. The van der Waals surface area contributed by atoms with Gasteiger partial charge in [0.25, 0.3) is 0 Å². The van der Waals surface area contributed by atoms with Gasteiger partial charge in [0.2, 0.25) is 5.91 Å². The Labute approximate surface area is 305 Å². The molecule has 0 aliphatic carbocycles. The molecule has 3 N–H and O–H groups in total. The number of amides is 1. The summed E-state index contributed by atoms with van der Waals surface area (Å²) in [5.41, 5.74) is 0. The monoisotopic (exact) mass is 728 g/mol. The highest BCUT2D eigenvalue weighted by atomic mass is 31.2. The van der Waals surface area contributed by atoms with Crippen LogP contribution in [0.1, 0.15) is 174 Å². The predicted molar refractivity (Wildman–Crippen MR) is 206 cm³/mol. The summed E-state index contributed by atoms with van der Waals surface area (Å²) in [6.45, 7) is 3.48. The largest absolute Gasteiger partial charge is 0.472 e. The topological polar surface area (TPSA) is 131 Å². The van der Waals surface area contributed by atoms with Crippen molar-refractivity contribution in [2.24, 2.45) is 0 Å². The van der Waals surface area contributed by atoms with Crippen LogP contribution in [0, 0.1) is 0 Å². The van der Waals surface area contributed by atoms with Gasteiger partial charge in [-0.2, -0.15) is 0 Å². The zero-order chi connectivity index (χ0) is 36.8. The van der Waals surface area contributed by atoms with E-state index in [1.54, 1.807) is 0 Å². The lowest BCUT2D eigenvalue weighted by Gasteiger charge is -2.15. The van der Waals surface area contributed by atoms with Crippen LogP contribution in [0.25, 0.3) is 0 Å². The molecule has 2 atom stereocenters. The van der Waals surface area contributed by atoms with Crippen LogP contribution < -0.4 is 5.32 Å². The predicted octanol–water partition coefficient (Wildman–Crippen LogP) is 10.6. The summed E-state index contributed by atoms with van der Waals surface area (Å²) in [6.07, 6.45) is 39.2. The standard InChI is InChI=1S/C40H74NO8P/c1-3-5-7-9-11-13-15-17-19-21-23-25-27-29-31-33-40(44)47-36-38(42)37-49-50(45,46)48-35-34-41-39(43)32-30-28-26-24-22-20-18-16-14-12-10-8-6-4-2/h11,13,16-19,38,42H,3-10,12,14-15,20-37H2,1-2H3,(H,41,43)(H,45,46)/b13-11-,18-16-,19-17-. The molecular formula is C40H74NO8P. The Bertz CT molecular complexity index is 923. The molecule has 0 aliphatic rings. The highest BCUT2D eigenvalue weighted by Gasteiger charge is 2.23. The van der Waals surface area contributed by atoms with Gasteiger partial charge in [0.15, 0.2) is 0 Å². The first-order valence-electron chi connectivity index (χ1n) is 20.0. The lowest BCUT2D eigenvalue weighted by molar-refractivity contribution is -0.147. The van der Waals surface area contributed by atoms with E-state index in [4.69, 9.17) is 13.8 Å². The van der Waals surface area contributed by atoms with Crippen LogP contribution in [0.3, 0.4) is 0 Å². The van der Waals surface area contributed by atoms with E-state index in [0.29, 0.717) is 6.42 Å². The number of carbonyl (C=O) groups excluding carboxylic acids is 2. The summed E-state index contributed by atoms with van der Waals surface area (Å²) in [7, 11) is -4.42. The number of ether oxygens (including phenoxy) is 1. The molecule has 50 heavy (non-hydrogen) atoms. The highest BCUT2D eigenvalue weighted by molar-refractivity contribution is 7.47. The van der Waals surface area contributed by atoms with Gasteiger partial charge in [0.05, 0.1) is 13.2 Å². The van der Waals surface area contributed by atoms with Crippen molar-refractivity contribution in [1.82, 2.24) is 5.32 Å². The maximum atomic E-state index is 12.1. The molecule has 0 fully saturated rings. The summed E-state index contributed by atoms with van der Waals surface area (Å²) in [5.74, 6) is -0.540. The molecule has 0 saturated carbocycles.